The minimum absolute atomic E-state index is 0.182. The Kier molecular flexibility index (Phi) is 7.54. The van der Waals surface area contributed by atoms with E-state index in [0.717, 1.165) is 10.9 Å². The Morgan fingerprint density at radius 2 is 1.70 bits per heavy atom. The van der Waals surface area contributed by atoms with Gasteiger partial charge in [-0.25, -0.2) is 5.01 Å². The molecule has 0 aliphatic carbocycles. The molecule has 2 heterocycles. The Morgan fingerprint density at radius 3 is 2.35 bits per heavy atom. The van der Waals surface area contributed by atoms with Crippen LogP contribution in [0.2, 0.25) is 5.02 Å². The standard InChI is InChI=1S/C31H30ClN3O5/c1-17(2)31(37)35-24(20-12-14-25(38-3)29(40-5)28(20)39-4)16-23(34-35)27-26(18-9-7-6-8-10-18)21-15-19(32)11-13-22(21)33-30(27)36/h6-15,17,24H,16H2,1-5H3,(H,33,36)/t24-/m0/s1. The van der Waals surface area contributed by atoms with Crippen LogP contribution in [0.4, 0.5) is 0 Å². The molecule has 1 amide bonds. The number of methoxy groups -OCH3 is 3. The largest absolute Gasteiger partial charge is 0.493 e. The third kappa shape index (κ3) is 4.69. The number of ether oxygens (including phenoxy) is 3. The van der Waals surface area contributed by atoms with Crippen molar-refractivity contribution in [2.45, 2.75) is 26.3 Å². The number of rotatable bonds is 7. The molecule has 4 aromatic rings. The van der Waals surface area contributed by atoms with Gasteiger partial charge in [-0.1, -0.05) is 55.8 Å². The molecule has 1 aliphatic rings. The van der Waals surface area contributed by atoms with E-state index in [1.165, 1.54) is 19.2 Å². The molecule has 1 N–H and O–H groups in total. The number of carbonyl (C=O) groups is 1. The van der Waals surface area contributed by atoms with E-state index < -0.39 is 6.04 Å². The van der Waals surface area contributed by atoms with Gasteiger partial charge in [-0.15, -0.1) is 0 Å². The van der Waals surface area contributed by atoms with Crippen LogP contribution in [0, 0.1) is 5.92 Å². The number of nitrogens with zero attached hydrogens (tertiary/aromatic N) is 2. The molecule has 1 atom stereocenters. The van der Waals surface area contributed by atoms with E-state index in [-0.39, 0.29) is 23.8 Å². The summed E-state index contributed by atoms with van der Waals surface area (Å²) in [6, 6.07) is 18.1. The zero-order valence-corrected chi connectivity index (χ0v) is 23.7. The lowest BCUT2D eigenvalue weighted by molar-refractivity contribution is -0.136. The van der Waals surface area contributed by atoms with Gasteiger partial charge in [0.25, 0.3) is 5.56 Å². The van der Waals surface area contributed by atoms with Crippen molar-refractivity contribution in [3.05, 3.63) is 87.2 Å². The summed E-state index contributed by atoms with van der Waals surface area (Å²) in [5, 5.41) is 7.59. The van der Waals surface area contributed by atoms with Gasteiger partial charge in [0.1, 0.15) is 0 Å². The molecule has 0 saturated carbocycles. The quantitative estimate of drug-likeness (QED) is 0.291. The van der Waals surface area contributed by atoms with Crippen LogP contribution >= 0.6 is 11.6 Å². The molecule has 1 aliphatic heterocycles. The average Bonchev–Trinajstić information content (AvgIpc) is 3.40. The molecule has 206 valence electrons. The van der Waals surface area contributed by atoms with Gasteiger partial charge in [-0.2, -0.15) is 5.10 Å². The molecule has 0 radical (unpaired) electrons. The Bertz CT molecular complexity index is 1680. The van der Waals surface area contributed by atoms with Crippen molar-refractivity contribution in [3.63, 3.8) is 0 Å². The van der Waals surface area contributed by atoms with Crippen molar-refractivity contribution in [2.75, 3.05) is 21.3 Å². The van der Waals surface area contributed by atoms with Crippen LogP contribution in [-0.2, 0) is 4.79 Å². The van der Waals surface area contributed by atoms with Crippen molar-refractivity contribution >= 4 is 34.1 Å². The van der Waals surface area contributed by atoms with Crippen molar-refractivity contribution in [1.29, 1.82) is 0 Å². The molecule has 40 heavy (non-hydrogen) atoms. The van der Waals surface area contributed by atoms with E-state index in [2.05, 4.69) is 4.98 Å². The zero-order chi connectivity index (χ0) is 28.6. The lowest BCUT2D eigenvalue weighted by Crippen LogP contribution is -2.30. The van der Waals surface area contributed by atoms with Crippen molar-refractivity contribution < 1.29 is 19.0 Å². The van der Waals surface area contributed by atoms with E-state index in [0.29, 0.717) is 50.2 Å². The fourth-order valence-electron chi connectivity index (χ4n) is 5.20. The number of pyridine rings is 1. The maximum atomic E-state index is 13.7. The molecule has 0 bridgehead atoms. The Balaban J connectivity index is 1.75. The summed E-state index contributed by atoms with van der Waals surface area (Å²) in [5.41, 5.74) is 3.47. The number of benzene rings is 3. The predicted octanol–water partition coefficient (Wildman–Crippen LogP) is 6.21. The van der Waals surface area contributed by atoms with Gasteiger partial charge in [-0.3, -0.25) is 9.59 Å². The van der Waals surface area contributed by atoms with Crippen LogP contribution in [-0.4, -0.2) is 42.9 Å². The Morgan fingerprint density at radius 1 is 0.975 bits per heavy atom. The molecule has 1 aromatic heterocycles. The topological polar surface area (TPSA) is 93.2 Å². The summed E-state index contributed by atoms with van der Waals surface area (Å²) < 4.78 is 16.8. The fourth-order valence-corrected chi connectivity index (χ4v) is 5.38. The smallest absolute Gasteiger partial charge is 0.258 e. The van der Waals surface area contributed by atoms with Gasteiger partial charge < -0.3 is 19.2 Å². The second-order valence-electron chi connectivity index (χ2n) is 9.79. The second kappa shape index (κ2) is 11.1. The maximum absolute atomic E-state index is 13.7. The molecular weight excluding hydrogens is 530 g/mol. The average molecular weight is 560 g/mol. The number of carbonyl (C=O) groups excluding carboxylic acids is 1. The van der Waals surface area contributed by atoms with Gasteiger partial charge in [0, 0.05) is 39.4 Å². The van der Waals surface area contributed by atoms with Crippen LogP contribution in [0.5, 0.6) is 17.2 Å². The minimum atomic E-state index is -0.544. The molecular formula is C31H30ClN3O5. The molecule has 3 aromatic carbocycles. The molecule has 8 nitrogen and oxygen atoms in total. The number of H-pyrrole nitrogens is 1. The van der Waals surface area contributed by atoms with Gasteiger partial charge in [0.2, 0.25) is 11.7 Å². The summed E-state index contributed by atoms with van der Waals surface area (Å²) in [4.78, 5) is 30.2. The van der Waals surface area contributed by atoms with Crippen LogP contribution in [0.15, 0.2) is 70.6 Å². The van der Waals surface area contributed by atoms with E-state index in [4.69, 9.17) is 30.9 Å². The number of aromatic amines is 1. The first-order valence-corrected chi connectivity index (χ1v) is 13.3. The molecule has 5 rings (SSSR count). The number of hydrazone groups is 1. The summed E-state index contributed by atoms with van der Waals surface area (Å²) in [6.07, 6.45) is 0.277. The predicted molar refractivity (Wildman–Crippen MR) is 157 cm³/mol. The monoisotopic (exact) mass is 559 g/mol. The number of aromatic nitrogens is 1. The van der Waals surface area contributed by atoms with Crippen molar-refractivity contribution in [3.8, 4) is 28.4 Å². The molecule has 0 unspecified atom stereocenters. The maximum Gasteiger partial charge on any atom is 0.258 e. The number of halogens is 1. The fraction of sp³-hybridized carbons (Fsp3) is 0.258. The first-order valence-electron chi connectivity index (χ1n) is 12.9. The SMILES string of the molecule is COc1ccc([C@@H]2CC(c3c(-c4ccccc4)c4cc(Cl)ccc4[nH]c3=O)=NN2C(=O)C(C)C)c(OC)c1OC. The molecule has 0 fully saturated rings. The van der Waals surface area contributed by atoms with Crippen LogP contribution in [0.1, 0.15) is 37.4 Å². The van der Waals surface area contributed by atoms with Gasteiger partial charge >= 0.3 is 0 Å². The van der Waals surface area contributed by atoms with E-state index in [9.17, 15) is 9.59 Å². The van der Waals surface area contributed by atoms with E-state index in [1.807, 2.05) is 56.3 Å². The lowest BCUT2D eigenvalue weighted by atomic mass is 9.90. The Labute approximate surface area is 237 Å². The summed E-state index contributed by atoms with van der Waals surface area (Å²) >= 11 is 6.41. The highest BCUT2D eigenvalue weighted by Crippen LogP contribution is 2.47. The van der Waals surface area contributed by atoms with Gasteiger partial charge in [0.15, 0.2) is 11.5 Å². The second-order valence-corrected chi connectivity index (χ2v) is 10.2. The summed E-state index contributed by atoms with van der Waals surface area (Å²) in [5.74, 6) is 0.832. The molecule has 0 spiro atoms. The third-order valence-corrected chi connectivity index (χ3v) is 7.29. The van der Waals surface area contributed by atoms with E-state index in [1.54, 1.807) is 25.3 Å². The zero-order valence-electron chi connectivity index (χ0n) is 22.9. The lowest BCUT2D eigenvalue weighted by Gasteiger charge is -2.26. The first-order chi connectivity index (χ1) is 19.3. The highest BCUT2D eigenvalue weighted by Gasteiger charge is 2.38. The molecule has 0 saturated heterocycles. The normalized spacial score (nSPS) is 14.9. The summed E-state index contributed by atoms with van der Waals surface area (Å²) in [7, 11) is 4.62. The highest BCUT2D eigenvalue weighted by molar-refractivity contribution is 6.31. The van der Waals surface area contributed by atoms with Crippen molar-refractivity contribution in [2.24, 2.45) is 11.0 Å². The number of amides is 1. The molecule has 9 heteroatoms. The third-order valence-electron chi connectivity index (χ3n) is 7.05. The minimum Gasteiger partial charge on any atom is -0.493 e. The summed E-state index contributed by atoms with van der Waals surface area (Å²) in [6.45, 7) is 3.64. The van der Waals surface area contributed by atoms with Crippen molar-refractivity contribution in [1.82, 2.24) is 9.99 Å². The first kappa shape index (κ1) is 27.3. The van der Waals surface area contributed by atoms with Gasteiger partial charge in [0.05, 0.1) is 38.6 Å². The van der Waals surface area contributed by atoms with Crippen LogP contribution in [0.3, 0.4) is 0 Å². The number of hydrogen-bond donors (Lipinski definition) is 1. The number of fused-ring (bicyclic) bond motifs is 1. The number of nitrogens with one attached hydrogen (secondary N) is 1. The number of hydrogen-bond acceptors (Lipinski definition) is 6. The van der Waals surface area contributed by atoms with Crippen LogP contribution < -0.4 is 19.8 Å². The van der Waals surface area contributed by atoms with Gasteiger partial charge in [-0.05, 0) is 35.9 Å². The Hall–Kier alpha value is -4.30. The highest BCUT2D eigenvalue weighted by atomic mass is 35.5. The van der Waals surface area contributed by atoms with Crippen LogP contribution in [0.25, 0.3) is 22.0 Å². The van der Waals surface area contributed by atoms with E-state index >= 15 is 0 Å².